The Balaban J connectivity index is 3.79. The van der Waals surface area contributed by atoms with Crippen LogP contribution in [-0.4, -0.2) is 58.8 Å². The van der Waals surface area contributed by atoms with Gasteiger partial charge in [0, 0.05) is 12.8 Å². The molecule has 0 amide bonds. The first-order chi connectivity index (χ1) is 23.9. The fraction of sp³-hybridized carbons (Fsp3) is 0.762. The van der Waals surface area contributed by atoms with Gasteiger partial charge in [0.15, 0.2) is 6.10 Å². The summed E-state index contributed by atoms with van der Waals surface area (Å²) in [6.07, 6.45) is 39.5. The van der Waals surface area contributed by atoms with Gasteiger partial charge in [0.05, 0.1) is 18.8 Å². The first kappa shape index (κ1) is 46.8. The van der Waals surface area contributed by atoms with E-state index < -0.39 is 24.8 Å². The van der Waals surface area contributed by atoms with E-state index in [-0.39, 0.29) is 25.1 Å². The largest absolute Gasteiger partial charge is 0.462 e. The zero-order valence-corrected chi connectivity index (χ0v) is 31.4. The van der Waals surface area contributed by atoms with Crippen LogP contribution in [-0.2, 0) is 19.1 Å². The number of carbonyl (C=O) groups is 2. The maximum Gasteiger partial charge on any atom is 0.306 e. The van der Waals surface area contributed by atoms with Crippen molar-refractivity contribution in [2.75, 3.05) is 13.2 Å². The number of allylic oxidation sites excluding steroid dienone is 6. The van der Waals surface area contributed by atoms with Crippen molar-refractivity contribution >= 4 is 11.9 Å². The molecule has 0 rings (SSSR count). The van der Waals surface area contributed by atoms with E-state index in [0.717, 1.165) is 51.4 Å². The first-order valence-electron chi connectivity index (χ1n) is 19.9. The number of ether oxygens (including phenoxy) is 2. The van der Waals surface area contributed by atoms with E-state index in [1.807, 2.05) is 36.5 Å². The molecule has 7 heteroatoms. The van der Waals surface area contributed by atoms with Crippen LogP contribution >= 0.6 is 0 Å². The third kappa shape index (κ3) is 35.4. The molecule has 0 aliphatic carbocycles. The van der Waals surface area contributed by atoms with Gasteiger partial charge in [-0.25, -0.2) is 0 Å². The Bertz CT molecular complexity index is 863. The minimum Gasteiger partial charge on any atom is -0.462 e. The molecule has 0 aliphatic heterocycles. The van der Waals surface area contributed by atoms with Gasteiger partial charge in [-0.3, -0.25) is 9.59 Å². The van der Waals surface area contributed by atoms with Crippen LogP contribution in [0.3, 0.4) is 0 Å². The molecule has 0 aliphatic rings. The molecule has 3 atom stereocenters. The van der Waals surface area contributed by atoms with E-state index in [9.17, 15) is 24.9 Å². The van der Waals surface area contributed by atoms with Gasteiger partial charge < -0.3 is 24.8 Å². The number of unbranched alkanes of at least 4 members (excludes halogenated alkanes) is 17. The fourth-order valence-electron chi connectivity index (χ4n) is 5.47. The molecule has 0 aromatic carbocycles. The lowest BCUT2D eigenvalue weighted by molar-refractivity contribution is -0.161. The van der Waals surface area contributed by atoms with E-state index in [2.05, 4.69) is 13.8 Å². The summed E-state index contributed by atoms with van der Waals surface area (Å²) in [7, 11) is 0. The summed E-state index contributed by atoms with van der Waals surface area (Å²) in [5.41, 5.74) is 0. The Morgan fingerprint density at radius 3 is 1.47 bits per heavy atom. The molecule has 7 nitrogen and oxygen atoms in total. The second-order valence-electron chi connectivity index (χ2n) is 13.4. The molecule has 0 unspecified atom stereocenters. The minimum atomic E-state index is -0.856. The number of hydrogen-bond acceptors (Lipinski definition) is 7. The molecule has 0 bridgehead atoms. The molecular weight excluding hydrogens is 616 g/mol. The highest BCUT2D eigenvalue weighted by Crippen LogP contribution is 2.14. The lowest BCUT2D eigenvalue weighted by Crippen LogP contribution is -2.28. The van der Waals surface area contributed by atoms with Gasteiger partial charge in [-0.05, 0) is 32.1 Å². The molecule has 0 radical (unpaired) electrons. The molecule has 0 spiro atoms. The van der Waals surface area contributed by atoms with Crippen LogP contribution in [0.15, 0.2) is 48.6 Å². The zero-order valence-electron chi connectivity index (χ0n) is 31.4. The van der Waals surface area contributed by atoms with Crippen molar-refractivity contribution in [2.45, 2.75) is 193 Å². The summed E-state index contributed by atoms with van der Waals surface area (Å²) in [6, 6.07) is 0. The normalized spacial score (nSPS) is 14.0. The summed E-state index contributed by atoms with van der Waals surface area (Å²) in [5, 5.41) is 29.5. The van der Waals surface area contributed by atoms with Gasteiger partial charge in [0.25, 0.3) is 0 Å². The van der Waals surface area contributed by atoms with E-state index >= 15 is 0 Å². The summed E-state index contributed by atoms with van der Waals surface area (Å²) in [4.78, 5) is 24.3. The van der Waals surface area contributed by atoms with Crippen LogP contribution in [0.1, 0.15) is 174 Å². The van der Waals surface area contributed by atoms with Crippen LogP contribution in [0.4, 0.5) is 0 Å². The van der Waals surface area contributed by atoms with Crippen molar-refractivity contribution in [1.29, 1.82) is 0 Å². The van der Waals surface area contributed by atoms with Crippen molar-refractivity contribution in [2.24, 2.45) is 0 Å². The number of rotatable bonds is 35. The van der Waals surface area contributed by atoms with Crippen LogP contribution in [0.2, 0.25) is 0 Å². The summed E-state index contributed by atoms with van der Waals surface area (Å²) >= 11 is 0. The second kappa shape index (κ2) is 37.0. The smallest absolute Gasteiger partial charge is 0.306 e. The average Bonchev–Trinajstić information content (AvgIpc) is 3.09. The highest BCUT2D eigenvalue weighted by Gasteiger charge is 2.16. The molecule has 49 heavy (non-hydrogen) atoms. The van der Waals surface area contributed by atoms with Crippen LogP contribution < -0.4 is 0 Å². The molecule has 0 heterocycles. The average molecular weight is 691 g/mol. The predicted octanol–water partition coefficient (Wildman–Crippen LogP) is 10.2. The van der Waals surface area contributed by atoms with E-state index in [0.29, 0.717) is 19.3 Å². The molecule has 0 saturated carbocycles. The minimum absolute atomic E-state index is 0.137. The van der Waals surface area contributed by atoms with Crippen LogP contribution in [0, 0.1) is 0 Å². The highest BCUT2D eigenvalue weighted by atomic mass is 16.6. The SMILES string of the molecule is CCCCCCCCCCCCCCCCCCC(=O)O[C@@H](CO)COC(=O)CCC[C@@H](O)/C=C/C=C\C/C=C\C=C\[C@@H](O)CCCCC. The number of aliphatic hydroxyl groups excluding tert-OH is 3. The van der Waals surface area contributed by atoms with Gasteiger partial charge in [-0.2, -0.15) is 0 Å². The van der Waals surface area contributed by atoms with Gasteiger partial charge in [0.2, 0.25) is 0 Å². The molecule has 3 N–H and O–H groups in total. The number of aliphatic hydroxyl groups is 3. The number of hydrogen-bond donors (Lipinski definition) is 3. The van der Waals surface area contributed by atoms with Gasteiger partial charge in [-0.15, -0.1) is 0 Å². The molecular formula is C42H74O7. The molecule has 0 saturated heterocycles. The maximum atomic E-state index is 12.2. The van der Waals surface area contributed by atoms with E-state index in [4.69, 9.17) is 9.47 Å². The van der Waals surface area contributed by atoms with Crippen molar-refractivity contribution in [3.8, 4) is 0 Å². The third-order valence-electron chi connectivity index (χ3n) is 8.58. The quantitative estimate of drug-likeness (QED) is 0.0345. The standard InChI is InChI=1S/C42H74O7/c1-3-5-7-8-9-10-11-12-13-14-15-16-17-21-24-28-34-42(47)49-40(36-43)37-48-41(46)35-29-33-39(45)32-27-23-20-18-19-22-26-31-38(44)30-25-6-4-2/h19-20,22-23,26-27,31-32,38-40,43-45H,3-18,21,24-25,28-30,33-37H2,1-2H3/b22-19-,23-20-,31-26+,32-27+/t38-,39-,40-/m0/s1. The fourth-order valence-corrected chi connectivity index (χ4v) is 5.47. The Morgan fingerprint density at radius 1 is 0.551 bits per heavy atom. The van der Waals surface area contributed by atoms with Gasteiger partial charge in [0.1, 0.15) is 6.61 Å². The Kier molecular flexibility index (Phi) is 35.4. The topological polar surface area (TPSA) is 113 Å². The Hall–Kier alpha value is -2.22. The summed E-state index contributed by atoms with van der Waals surface area (Å²) in [6.45, 7) is 3.84. The first-order valence-corrected chi connectivity index (χ1v) is 19.9. The lowest BCUT2D eigenvalue weighted by Gasteiger charge is -2.16. The highest BCUT2D eigenvalue weighted by molar-refractivity contribution is 5.70. The Labute approximate surface area is 300 Å². The van der Waals surface area contributed by atoms with Crippen LogP contribution in [0.25, 0.3) is 0 Å². The number of esters is 2. The van der Waals surface area contributed by atoms with Crippen molar-refractivity contribution in [3.05, 3.63) is 48.6 Å². The molecule has 0 fully saturated rings. The summed E-state index contributed by atoms with van der Waals surface area (Å²) < 4.78 is 10.5. The predicted molar refractivity (Wildman–Crippen MR) is 203 cm³/mol. The molecule has 284 valence electrons. The third-order valence-corrected chi connectivity index (χ3v) is 8.58. The Morgan fingerprint density at radius 2 is 0.980 bits per heavy atom. The van der Waals surface area contributed by atoms with E-state index in [1.54, 1.807) is 12.2 Å². The van der Waals surface area contributed by atoms with Crippen molar-refractivity contribution in [1.82, 2.24) is 0 Å². The van der Waals surface area contributed by atoms with Crippen molar-refractivity contribution < 1.29 is 34.4 Å². The molecule has 0 aromatic rings. The molecule has 0 aromatic heterocycles. The zero-order chi connectivity index (χ0) is 36.0. The van der Waals surface area contributed by atoms with Gasteiger partial charge in [-0.1, -0.05) is 178 Å². The maximum absolute atomic E-state index is 12.2. The second-order valence-corrected chi connectivity index (χ2v) is 13.4. The van der Waals surface area contributed by atoms with Gasteiger partial charge >= 0.3 is 11.9 Å². The number of carbonyl (C=O) groups excluding carboxylic acids is 2. The summed E-state index contributed by atoms with van der Waals surface area (Å²) in [5.74, 6) is -0.817. The monoisotopic (exact) mass is 691 g/mol. The van der Waals surface area contributed by atoms with E-state index in [1.165, 1.54) is 83.5 Å². The lowest BCUT2D eigenvalue weighted by atomic mass is 10.0. The van der Waals surface area contributed by atoms with Crippen molar-refractivity contribution in [3.63, 3.8) is 0 Å². The van der Waals surface area contributed by atoms with Crippen LogP contribution in [0.5, 0.6) is 0 Å².